The molecule has 0 spiro atoms. The van der Waals surface area contributed by atoms with Gasteiger partial charge in [-0.25, -0.2) is 0 Å². The van der Waals surface area contributed by atoms with E-state index in [1.54, 1.807) is 0 Å². The molecule has 0 aromatic rings. The Labute approximate surface area is 99.4 Å². The molecule has 15 heavy (non-hydrogen) atoms. The minimum Gasteiger partial charge on any atom is -0.277 e. The molecule has 2 heteroatoms. The van der Waals surface area contributed by atoms with Gasteiger partial charge in [0, 0.05) is 5.75 Å². The van der Waals surface area contributed by atoms with E-state index in [0.717, 1.165) is 5.75 Å². The summed E-state index contributed by atoms with van der Waals surface area (Å²) in [5.74, 6) is 0.958. The third-order valence-corrected chi connectivity index (χ3v) is 3.27. The highest BCUT2D eigenvalue weighted by Crippen LogP contribution is 2.11. The molecule has 0 fully saturated rings. The van der Waals surface area contributed by atoms with Crippen LogP contribution in [-0.2, 0) is 4.79 Å². The lowest BCUT2D eigenvalue weighted by Gasteiger charge is -2.01. The maximum absolute atomic E-state index is 9.90. The molecular formula is C13H25OS. The molecule has 0 bridgehead atoms. The third-order valence-electron chi connectivity index (χ3n) is 2.66. The van der Waals surface area contributed by atoms with Gasteiger partial charge in [0.2, 0.25) is 0 Å². The Morgan fingerprint density at radius 3 is 1.73 bits per heavy atom. The largest absolute Gasteiger partial charge is 0.277 e. The average Bonchev–Trinajstić information content (AvgIpc) is 2.26. The first-order valence-corrected chi connectivity index (χ1v) is 7.39. The number of unbranched alkanes of at least 4 members (excludes halogenated alkanes) is 9. The summed E-state index contributed by atoms with van der Waals surface area (Å²) in [4.78, 5) is 9.90. The molecule has 0 N–H and O–H groups in total. The Morgan fingerprint density at radius 1 is 0.800 bits per heavy atom. The lowest BCUT2D eigenvalue weighted by molar-refractivity contribution is 0.562. The van der Waals surface area contributed by atoms with Gasteiger partial charge in [0.05, 0.1) is 0 Å². The van der Waals surface area contributed by atoms with Gasteiger partial charge in [-0.05, 0) is 6.42 Å². The van der Waals surface area contributed by atoms with Crippen LogP contribution in [0.4, 0.5) is 0 Å². The van der Waals surface area contributed by atoms with Crippen LogP contribution in [0.15, 0.2) is 0 Å². The van der Waals surface area contributed by atoms with E-state index in [-0.39, 0.29) is 0 Å². The van der Waals surface area contributed by atoms with Crippen LogP contribution in [0, 0.1) is 0 Å². The second-order valence-corrected chi connectivity index (χ2v) is 4.98. The number of hydrogen-bond acceptors (Lipinski definition) is 2. The van der Waals surface area contributed by atoms with E-state index in [1.165, 1.54) is 76.0 Å². The second-order valence-electron chi connectivity index (χ2n) is 4.11. The van der Waals surface area contributed by atoms with Crippen LogP contribution >= 0.6 is 11.8 Å². The Hall–Kier alpha value is 0.0200. The van der Waals surface area contributed by atoms with Crippen molar-refractivity contribution in [3.8, 4) is 0 Å². The molecule has 89 valence electrons. The van der Waals surface area contributed by atoms with E-state index >= 15 is 0 Å². The molecule has 0 saturated carbocycles. The third kappa shape index (κ3) is 14.0. The Bertz CT molecular complexity index is 126. The molecule has 0 aromatic heterocycles. The van der Waals surface area contributed by atoms with Crippen LogP contribution in [0.1, 0.15) is 71.1 Å². The zero-order valence-electron chi connectivity index (χ0n) is 10.1. The molecule has 0 aromatic carbocycles. The van der Waals surface area contributed by atoms with Crippen LogP contribution in [0.5, 0.6) is 0 Å². The highest BCUT2D eigenvalue weighted by atomic mass is 32.2. The summed E-state index contributed by atoms with van der Waals surface area (Å²) in [5, 5.41) is 0. The van der Waals surface area contributed by atoms with E-state index in [0.29, 0.717) is 0 Å². The van der Waals surface area contributed by atoms with Crippen molar-refractivity contribution >= 4 is 17.4 Å². The van der Waals surface area contributed by atoms with Crippen LogP contribution < -0.4 is 0 Å². The molecule has 0 amide bonds. The zero-order valence-corrected chi connectivity index (χ0v) is 10.9. The fourth-order valence-corrected chi connectivity index (χ4v) is 2.14. The van der Waals surface area contributed by atoms with Crippen molar-refractivity contribution in [1.29, 1.82) is 0 Å². The summed E-state index contributed by atoms with van der Waals surface area (Å²) >= 11 is 1.28. The summed E-state index contributed by atoms with van der Waals surface area (Å²) in [6.07, 6.45) is 13.6. The number of rotatable bonds is 12. The number of carbonyl (C=O) groups excluding carboxylic acids is 1. The van der Waals surface area contributed by atoms with Gasteiger partial charge in [0.15, 0.2) is 0 Å². The second kappa shape index (κ2) is 14.0. The van der Waals surface area contributed by atoms with Crippen molar-refractivity contribution < 1.29 is 4.79 Å². The van der Waals surface area contributed by atoms with Crippen molar-refractivity contribution in [1.82, 2.24) is 0 Å². The highest BCUT2D eigenvalue weighted by molar-refractivity contribution is 8.11. The van der Waals surface area contributed by atoms with Crippen molar-refractivity contribution in [3.63, 3.8) is 0 Å². The molecule has 0 heterocycles. The van der Waals surface area contributed by atoms with E-state index in [2.05, 4.69) is 6.92 Å². The summed E-state index contributed by atoms with van der Waals surface area (Å²) in [7, 11) is 0. The van der Waals surface area contributed by atoms with Crippen LogP contribution in [0.3, 0.4) is 0 Å². The van der Waals surface area contributed by atoms with Crippen LogP contribution in [-0.4, -0.2) is 11.4 Å². The summed E-state index contributed by atoms with van der Waals surface area (Å²) in [5.41, 5.74) is 1.87. The molecule has 0 rings (SSSR count). The smallest absolute Gasteiger partial charge is 0.266 e. The van der Waals surface area contributed by atoms with Crippen molar-refractivity contribution in [2.24, 2.45) is 0 Å². The quantitative estimate of drug-likeness (QED) is 0.451. The normalized spacial score (nSPS) is 10.5. The van der Waals surface area contributed by atoms with E-state index in [9.17, 15) is 4.79 Å². The minimum absolute atomic E-state index is 0.958. The van der Waals surface area contributed by atoms with Gasteiger partial charge in [0.25, 0.3) is 5.62 Å². The summed E-state index contributed by atoms with van der Waals surface area (Å²) in [6.45, 7) is 2.26. The SMILES string of the molecule is CCCCCCCCCCCCS[C]=O. The first-order chi connectivity index (χ1) is 7.41. The fourth-order valence-electron chi connectivity index (χ4n) is 1.70. The lowest BCUT2D eigenvalue weighted by Crippen LogP contribution is -1.83. The molecular weight excluding hydrogens is 204 g/mol. The number of hydrogen-bond donors (Lipinski definition) is 0. The first-order valence-electron chi connectivity index (χ1n) is 6.40. The van der Waals surface area contributed by atoms with Gasteiger partial charge in [-0.3, -0.25) is 4.79 Å². The Morgan fingerprint density at radius 2 is 1.27 bits per heavy atom. The molecule has 1 radical (unpaired) electrons. The van der Waals surface area contributed by atoms with E-state index in [1.807, 2.05) is 5.62 Å². The molecule has 0 unspecified atom stereocenters. The standard InChI is InChI=1S/C13H25OS/c1-2-3-4-5-6-7-8-9-10-11-12-15-13-14/h2-12H2,1H3. The van der Waals surface area contributed by atoms with Crippen LogP contribution in [0.25, 0.3) is 0 Å². The van der Waals surface area contributed by atoms with Crippen molar-refractivity contribution in [3.05, 3.63) is 0 Å². The van der Waals surface area contributed by atoms with E-state index in [4.69, 9.17) is 0 Å². The topological polar surface area (TPSA) is 17.1 Å². The van der Waals surface area contributed by atoms with Crippen molar-refractivity contribution in [2.45, 2.75) is 71.1 Å². The fraction of sp³-hybridized carbons (Fsp3) is 0.923. The molecule has 0 atom stereocenters. The van der Waals surface area contributed by atoms with Gasteiger partial charge in [-0.2, -0.15) is 0 Å². The zero-order chi connectivity index (χ0) is 11.2. The lowest BCUT2D eigenvalue weighted by atomic mass is 10.1. The minimum atomic E-state index is 0.958. The molecule has 0 aliphatic rings. The highest BCUT2D eigenvalue weighted by Gasteiger charge is 1.92. The van der Waals surface area contributed by atoms with Crippen molar-refractivity contribution in [2.75, 3.05) is 5.75 Å². The average molecular weight is 229 g/mol. The Balaban J connectivity index is 2.83. The van der Waals surface area contributed by atoms with Gasteiger partial charge < -0.3 is 0 Å². The maximum atomic E-state index is 9.90. The van der Waals surface area contributed by atoms with Gasteiger partial charge in [-0.1, -0.05) is 76.5 Å². The van der Waals surface area contributed by atoms with Gasteiger partial charge >= 0.3 is 0 Å². The van der Waals surface area contributed by atoms with Crippen LogP contribution in [0.2, 0.25) is 0 Å². The van der Waals surface area contributed by atoms with Gasteiger partial charge in [0.1, 0.15) is 0 Å². The molecule has 0 aliphatic carbocycles. The predicted molar refractivity (Wildman–Crippen MR) is 70.0 cm³/mol. The number of thioether (sulfide) groups is 1. The molecule has 1 nitrogen and oxygen atoms in total. The van der Waals surface area contributed by atoms with E-state index < -0.39 is 0 Å². The monoisotopic (exact) mass is 229 g/mol. The Kier molecular flexibility index (Phi) is 14.0. The van der Waals surface area contributed by atoms with Gasteiger partial charge in [-0.15, -0.1) is 0 Å². The molecule has 0 aliphatic heterocycles. The predicted octanol–water partition coefficient (Wildman–Crippen LogP) is 4.71. The summed E-state index contributed by atoms with van der Waals surface area (Å²) < 4.78 is 0. The molecule has 0 saturated heterocycles. The maximum Gasteiger partial charge on any atom is 0.266 e. The summed E-state index contributed by atoms with van der Waals surface area (Å²) in [6, 6.07) is 0. The first kappa shape index (κ1) is 15.0.